The summed E-state index contributed by atoms with van der Waals surface area (Å²) >= 11 is 3.52. The summed E-state index contributed by atoms with van der Waals surface area (Å²) in [7, 11) is 1.59. The third kappa shape index (κ3) is 5.55. The largest absolute Gasteiger partial charge is 0.469 e. The van der Waals surface area contributed by atoms with Gasteiger partial charge in [0.25, 0.3) is 0 Å². The molecule has 0 aliphatic heterocycles. The standard InChI is InChI=1S/C36H53BrO4/c1-23-12-17-31(41-32(38)25-9-7-10-26(37)15-14-25)34(3,4)28(23)18-21-35(5)24(2)13-16-27-29(35)19-22-36(33(39)40-6)20-8-11-30(27)36/h9-10,14-15,23-24,27-31H,7-8,11-13,16-22H2,1-6H3/t23-,24?,27?,28?,29?,30?,31?,35?,36?/m1/s1. The minimum absolute atomic E-state index is 0.0659. The molecule has 0 saturated heterocycles. The number of ether oxygens (including phenoxy) is 2. The number of carbonyl (C=O) groups is 2. The average molecular weight is 630 g/mol. The lowest BCUT2D eigenvalue weighted by atomic mass is 9.46. The highest BCUT2D eigenvalue weighted by Gasteiger charge is 2.61. The van der Waals surface area contributed by atoms with E-state index in [9.17, 15) is 9.59 Å². The number of methoxy groups -OCH3 is 1. The van der Waals surface area contributed by atoms with Crippen LogP contribution in [-0.4, -0.2) is 25.2 Å². The Balaban J connectivity index is 1.30. The Morgan fingerprint density at radius 3 is 2.49 bits per heavy atom. The summed E-state index contributed by atoms with van der Waals surface area (Å²) < 4.78 is 12.7. The number of allylic oxidation sites excluding steroid dienone is 4. The highest BCUT2D eigenvalue weighted by atomic mass is 79.9. The van der Waals surface area contributed by atoms with E-state index >= 15 is 0 Å². The van der Waals surface area contributed by atoms with E-state index in [0.29, 0.717) is 41.1 Å². The zero-order valence-corrected chi connectivity index (χ0v) is 27.9. The molecule has 8 unspecified atom stereocenters. The molecule has 0 heterocycles. The third-order valence-electron chi connectivity index (χ3n) is 13.2. The molecule has 4 saturated carbocycles. The fourth-order valence-electron chi connectivity index (χ4n) is 10.5. The Morgan fingerprint density at radius 1 is 0.951 bits per heavy atom. The first-order valence-electron chi connectivity index (χ1n) is 16.5. The van der Waals surface area contributed by atoms with Crippen molar-refractivity contribution in [2.24, 2.45) is 51.8 Å². The number of fused-ring (bicyclic) bond motifs is 3. The van der Waals surface area contributed by atoms with Gasteiger partial charge in [0.15, 0.2) is 0 Å². The van der Waals surface area contributed by atoms with Crippen LogP contribution in [0.3, 0.4) is 0 Å². The van der Waals surface area contributed by atoms with Crippen LogP contribution in [0.25, 0.3) is 0 Å². The molecule has 5 aliphatic rings. The Bertz CT molecular complexity index is 1100. The summed E-state index contributed by atoms with van der Waals surface area (Å²) in [4.78, 5) is 26.3. The van der Waals surface area contributed by atoms with Crippen molar-refractivity contribution in [3.05, 3.63) is 34.4 Å². The van der Waals surface area contributed by atoms with Crippen molar-refractivity contribution in [3.63, 3.8) is 0 Å². The lowest BCUT2D eigenvalue weighted by Crippen LogP contribution is -2.53. The van der Waals surface area contributed by atoms with E-state index in [1.165, 1.54) is 38.5 Å². The molecule has 41 heavy (non-hydrogen) atoms. The fourth-order valence-corrected chi connectivity index (χ4v) is 10.9. The van der Waals surface area contributed by atoms with Crippen molar-refractivity contribution in [1.82, 2.24) is 0 Å². The number of halogens is 1. The fraction of sp³-hybridized carbons (Fsp3) is 0.778. The van der Waals surface area contributed by atoms with E-state index in [1.807, 2.05) is 18.2 Å². The van der Waals surface area contributed by atoms with Crippen molar-refractivity contribution in [1.29, 1.82) is 0 Å². The second kappa shape index (κ2) is 12.0. The monoisotopic (exact) mass is 628 g/mol. The number of hydrogen-bond acceptors (Lipinski definition) is 4. The molecule has 5 rings (SSSR count). The van der Waals surface area contributed by atoms with Crippen LogP contribution in [0, 0.1) is 51.8 Å². The Hall–Kier alpha value is -1.36. The molecule has 5 heteroatoms. The molecule has 4 nitrogen and oxygen atoms in total. The highest BCUT2D eigenvalue weighted by molar-refractivity contribution is 9.11. The van der Waals surface area contributed by atoms with Crippen LogP contribution >= 0.6 is 15.9 Å². The van der Waals surface area contributed by atoms with Gasteiger partial charge >= 0.3 is 11.9 Å². The first kappa shape index (κ1) is 31.1. The molecule has 228 valence electrons. The van der Waals surface area contributed by atoms with Gasteiger partial charge in [-0.3, -0.25) is 4.79 Å². The molecule has 9 atom stereocenters. The Kier molecular flexibility index (Phi) is 9.07. The molecular formula is C36H53BrO4. The molecule has 0 N–H and O–H groups in total. The normalized spacial score (nSPS) is 41.8. The maximum absolute atomic E-state index is 13.2. The Labute approximate surface area is 257 Å². The highest BCUT2D eigenvalue weighted by Crippen LogP contribution is 2.65. The van der Waals surface area contributed by atoms with Gasteiger partial charge in [0.05, 0.1) is 18.1 Å². The van der Waals surface area contributed by atoms with Gasteiger partial charge in [-0.25, -0.2) is 4.79 Å². The minimum Gasteiger partial charge on any atom is -0.469 e. The lowest BCUT2D eigenvalue weighted by molar-refractivity contribution is -0.168. The van der Waals surface area contributed by atoms with Crippen molar-refractivity contribution < 1.29 is 19.1 Å². The number of hydrogen-bond donors (Lipinski definition) is 0. The van der Waals surface area contributed by atoms with Crippen molar-refractivity contribution >= 4 is 27.9 Å². The van der Waals surface area contributed by atoms with E-state index < -0.39 is 0 Å². The maximum Gasteiger partial charge on any atom is 0.338 e. The van der Waals surface area contributed by atoms with Crippen LogP contribution in [-0.2, 0) is 19.1 Å². The van der Waals surface area contributed by atoms with Crippen molar-refractivity contribution in [2.75, 3.05) is 7.11 Å². The summed E-state index contributed by atoms with van der Waals surface area (Å²) in [6.07, 6.45) is 21.0. The Morgan fingerprint density at radius 2 is 1.73 bits per heavy atom. The summed E-state index contributed by atoms with van der Waals surface area (Å²) in [5.74, 6) is 3.52. The van der Waals surface area contributed by atoms with Crippen LogP contribution in [0.1, 0.15) is 112 Å². The maximum atomic E-state index is 13.2. The van der Waals surface area contributed by atoms with Gasteiger partial charge in [-0.15, -0.1) is 0 Å². The molecular weight excluding hydrogens is 576 g/mol. The van der Waals surface area contributed by atoms with Crippen LogP contribution in [0.5, 0.6) is 0 Å². The summed E-state index contributed by atoms with van der Waals surface area (Å²) in [6.45, 7) is 12.2. The topological polar surface area (TPSA) is 52.6 Å². The molecule has 0 spiro atoms. The third-order valence-corrected chi connectivity index (χ3v) is 13.8. The van der Waals surface area contributed by atoms with E-state index in [-0.39, 0.29) is 34.3 Å². The van der Waals surface area contributed by atoms with Crippen molar-refractivity contribution in [2.45, 2.75) is 118 Å². The summed E-state index contributed by atoms with van der Waals surface area (Å²) in [5, 5.41) is 0. The zero-order valence-electron chi connectivity index (χ0n) is 26.3. The second-order valence-corrected chi connectivity index (χ2v) is 16.1. The predicted molar refractivity (Wildman–Crippen MR) is 168 cm³/mol. The van der Waals surface area contributed by atoms with Gasteiger partial charge in [-0.2, -0.15) is 0 Å². The molecule has 0 radical (unpaired) electrons. The minimum atomic E-state index is -0.220. The quantitative estimate of drug-likeness (QED) is 0.275. The molecule has 0 aromatic carbocycles. The first-order valence-corrected chi connectivity index (χ1v) is 17.3. The van der Waals surface area contributed by atoms with Gasteiger partial charge in [0, 0.05) is 9.90 Å². The van der Waals surface area contributed by atoms with Gasteiger partial charge in [0.2, 0.25) is 0 Å². The van der Waals surface area contributed by atoms with Crippen molar-refractivity contribution in [3.8, 4) is 0 Å². The van der Waals surface area contributed by atoms with E-state index in [1.54, 1.807) is 7.11 Å². The number of rotatable bonds is 6. The van der Waals surface area contributed by atoms with E-state index in [2.05, 4.69) is 56.6 Å². The summed E-state index contributed by atoms with van der Waals surface area (Å²) in [6, 6.07) is 0. The van der Waals surface area contributed by atoms with Gasteiger partial charge in [-0.1, -0.05) is 69.1 Å². The molecule has 4 fully saturated rings. The second-order valence-electron chi connectivity index (χ2n) is 15.2. The number of esters is 2. The average Bonchev–Trinajstić information content (AvgIpc) is 3.27. The SMILES string of the molecule is COC(=O)C12CCCC1C1CCC(C)C(C)(CCC3[C@H](C)CCC(OC(=O)C4=CCC=C(Br)C=C4)C3(C)C)C1CC2. The molecule has 0 amide bonds. The zero-order chi connectivity index (χ0) is 29.6. The summed E-state index contributed by atoms with van der Waals surface area (Å²) in [5.41, 5.74) is 0.641. The molecule has 0 bridgehead atoms. The lowest BCUT2D eigenvalue weighted by Gasteiger charge is -2.58. The van der Waals surface area contributed by atoms with Crippen LogP contribution < -0.4 is 0 Å². The van der Waals surface area contributed by atoms with Crippen LogP contribution in [0.4, 0.5) is 0 Å². The van der Waals surface area contributed by atoms with E-state index in [0.717, 1.165) is 43.0 Å². The molecule has 0 aromatic heterocycles. The van der Waals surface area contributed by atoms with E-state index in [4.69, 9.17) is 9.47 Å². The number of carbonyl (C=O) groups excluding carboxylic acids is 2. The van der Waals surface area contributed by atoms with Gasteiger partial charge in [-0.05, 0) is 124 Å². The van der Waals surface area contributed by atoms with Crippen LogP contribution in [0.15, 0.2) is 34.4 Å². The molecule has 0 aromatic rings. The smallest absolute Gasteiger partial charge is 0.338 e. The molecule has 5 aliphatic carbocycles. The first-order chi connectivity index (χ1) is 19.4. The van der Waals surface area contributed by atoms with Gasteiger partial charge < -0.3 is 9.47 Å². The van der Waals surface area contributed by atoms with Gasteiger partial charge in [0.1, 0.15) is 6.10 Å². The predicted octanol–water partition coefficient (Wildman–Crippen LogP) is 9.34. The van der Waals surface area contributed by atoms with Crippen LogP contribution in [0.2, 0.25) is 0 Å².